The fourth-order valence-electron chi connectivity index (χ4n) is 3.40. The third-order valence-corrected chi connectivity index (χ3v) is 6.52. The van der Waals surface area contributed by atoms with Gasteiger partial charge in [-0.1, -0.05) is 12.1 Å². The SMILES string of the molecule is CN=C(NCCNS(=O)(=O)c1cccnc1)NC(C)c1cccc(N2CCCC2)c1. The van der Waals surface area contributed by atoms with Crippen LogP contribution in [-0.4, -0.2) is 52.6 Å². The Kier molecular flexibility index (Phi) is 7.64. The summed E-state index contributed by atoms with van der Waals surface area (Å²) >= 11 is 0. The lowest BCUT2D eigenvalue weighted by molar-refractivity contribution is 0.579. The lowest BCUT2D eigenvalue weighted by Gasteiger charge is -2.22. The van der Waals surface area contributed by atoms with Crippen molar-refractivity contribution in [1.29, 1.82) is 0 Å². The third kappa shape index (κ3) is 5.93. The van der Waals surface area contributed by atoms with Gasteiger partial charge in [0.05, 0.1) is 6.04 Å². The summed E-state index contributed by atoms with van der Waals surface area (Å²) in [4.78, 5) is 10.7. The zero-order chi connectivity index (χ0) is 21.4. The van der Waals surface area contributed by atoms with Crippen LogP contribution in [0.5, 0.6) is 0 Å². The Bertz CT molecular complexity index is 943. The van der Waals surface area contributed by atoms with Crippen molar-refractivity contribution in [2.45, 2.75) is 30.7 Å². The van der Waals surface area contributed by atoms with E-state index in [0.717, 1.165) is 13.1 Å². The fourth-order valence-corrected chi connectivity index (χ4v) is 4.40. The Morgan fingerprint density at radius 1 is 1.20 bits per heavy atom. The Hall–Kier alpha value is -2.65. The molecule has 2 heterocycles. The third-order valence-electron chi connectivity index (χ3n) is 5.07. The second kappa shape index (κ2) is 10.4. The van der Waals surface area contributed by atoms with E-state index in [-0.39, 0.29) is 17.5 Å². The van der Waals surface area contributed by atoms with Gasteiger partial charge in [-0.15, -0.1) is 0 Å². The van der Waals surface area contributed by atoms with E-state index in [1.165, 1.54) is 42.6 Å². The maximum atomic E-state index is 12.2. The molecule has 1 saturated heterocycles. The molecule has 2 aromatic rings. The molecule has 0 amide bonds. The number of sulfonamides is 1. The quantitative estimate of drug-likeness (QED) is 0.336. The van der Waals surface area contributed by atoms with Crippen LogP contribution in [0.4, 0.5) is 5.69 Å². The van der Waals surface area contributed by atoms with Crippen LogP contribution < -0.4 is 20.3 Å². The van der Waals surface area contributed by atoms with Crippen molar-refractivity contribution in [3.8, 4) is 0 Å². The van der Waals surface area contributed by atoms with Gasteiger partial charge in [0.15, 0.2) is 5.96 Å². The molecule has 3 rings (SSSR count). The standard InChI is InChI=1S/C21H30N6O2S/c1-17(18-7-5-8-19(15-18)27-13-3-4-14-27)26-21(22-2)24-11-12-25-30(28,29)20-9-6-10-23-16-20/h5-10,15-17,25H,3-4,11-14H2,1-2H3,(H2,22,24,26). The van der Waals surface area contributed by atoms with Gasteiger partial charge >= 0.3 is 0 Å². The Morgan fingerprint density at radius 2 is 2.00 bits per heavy atom. The average Bonchev–Trinajstić information content (AvgIpc) is 3.31. The molecule has 0 spiro atoms. The Balaban J connectivity index is 1.49. The number of hydrogen-bond acceptors (Lipinski definition) is 5. The minimum atomic E-state index is -3.56. The molecular formula is C21H30N6O2S. The van der Waals surface area contributed by atoms with Crippen molar-refractivity contribution >= 4 is 21.7 Å². The van der Waals surface area contributed by atoms with Crippen molar-refractivity contribution < 1.29 is 8.42 Å². The summed E-state index contributed by atoms with van der Waals surface area (Å²) in [6, 6.07) is 11.7. The zero-order valence-electron chi connectivity index (χ0n) is 17.5. The minimum Gasteiger partial charge on any atom is -0.372 e. The van der Waals surface area contributed by atoms with Gasteiger partial charge in [0.1, 0.15) is 4.90 Å². The number of rotatable bonds is 8. The molecular weight excluding hydrogens is 400 g/mol. The molecule has 0 bridgehead atoms. The molecule has 0 saturated carbocycles. The highest BCUT2D eigenvalue weighted by Crippen LogP contribution is 2.23. The number of nitrogens with one attached hydrogen (secondary N) is 3. The molecule has 1 unspecified atom stereocenters. The van der Waals surface area contributed by atoms with Crippen LogP contribution in [0.15, 0.2) is 58.7 Å². The number of benzene rings is 1. The van der Waals surface area contributed by atoms with E-state index in [9.17, 15) is 8.42 Å². The van der Waals surface area contributed by atoms with E-state index < -0.39 is 10.0 Å². The van der Waals surface area contributed by atoms with Crippen LogP contribution >= 0.6 is 0 Å². The van der Waals surface area contributed by atoms with Crippen LogP contribution in [0.3, 0.4) is 0 Å². The van der Waals surface area contributed by atoms with E-state index >= 15 is 0 Å². The van der Waals surface area contributed by atoms with Gasteiger partial charge < -0.3 is 15.5 Å². The number of pyridine rings is 1. The van der Waals surface area contributed by atoms with Gasteiger partial charge in [-0.3, -0.25) is 9.98 Å². The lowest BCUT2D eigenvalue weighted by atomic mass is 10.1. The molecule has 162 valence electrons. The van der Waals surface area contributed by atoms with Gasteiger partial charge in [-0.2, -0.15) is 0 Å². The predicted molar refractivity (Wildman–Crippen MR) is 120 cm³/mol. The predicted octanol–water partition coefficient (Wildman–Crippen LogP) is 1.89. The molecule has 1 aromatic carbocycles. The maximum Gasteiger partial charge on any atom is 0.242 e. The van der Waals surface area contributed by atoms with Crippen LogP contribution in [0.2, 0.25) is 0 Å². The van der Waals surface area contributed by atoms with E-state index in [1.54, 1.807) is 13.1 Å². The summed E-state index contributed by atoms with van der Waals surface area (Å²) in [5, 5.41) is 6.51. The molecule has 0 aliphatic carbocycles. The van der Waals surface area contributed by atoms with Gasteiger partial charge in [-0.25, -0.2) is 13.1 Å². The Morgan fingerprint density at radius 3 is 2.70 bits per heavy atom. The van der Waals surface area contributed by atoms with Gasteiger partial charge in [0.25, 0.3) is 0 Å². The fraction of sp³-hybridized carbons (Fsp3) is 0.429. The summed E-state index contributed by atoms with van der Waals surface area (Å²) in [6.45, 7) is 4.95. The highest BCUT2D eigenvalue weighted by atomic mass is 32.2. The summed E-state index contributed by atoms with van der Waals surface area (Å²) in [5.41, 5.74) is 2.44. The second-order valence-electron chi connectivity index (χ2n) is 7.24. The molecule has 8 nitrogen and oxygen atoms in total. The van der Waals surface area contributed by atoms with Gasteiger partial charge in [0.2, 0.25) is 10.0 Å². The van der Waals surface area contributed by atoms with Crippen LogP contribution in [0.25, 0.3) is 0 Å². The number of nitrogens with zero attached hydrogens (tertiary/aromatic N) is 3. The first-order valence-electron chi connectivity index (χ1n) is 10.2. The van der Waals surface area contributed by atoms with E-state index in [1.807, 2.05) is 0 Å². The van der Waals surface area contributed by atoms with Crippen molar-refractivity contribution in [3.05, 3.63) is 54.4 Å². The van der Waals surface area contributed by atoms with Crippen LogP contribution in [-0.2, 0) is 10.0 Å². The molecule has 9 heteroatoms. The summed E-state index contributed by atoms with van der Waals surface area (Å²) in [6.07, 6.45) is 5.37. The Labute approximate surface area is 178 Å². The van der Waals surface area contributed by atoms with E-state index in [2.05, 4.69) is 61.4 Å². The lowest BCUT2D eigenvalue weighted by Crippen LogP contribution is -2.42. The highest BCUT2D eigenvalue weighted by Gasteiger charge is 2.15. The molecule has 0 radical (unpaired) electrons. The van der Waals surface area contributed by atoms with Crippen LogP contribution in [0, 0.1) is 0 Å². The molecule has 1 aromatic heterocycles. The van der Waals surface area contributed by atoms with E-state index in [4.69, 9.17) is 0 Å². The number of aromatic nitrogens is 1. The van der Waals surface area contributed by atoms with Gasteiger partial charge in [-0.05, 0) is 49.6 Å². The summed E-state index contributed by atoms with van der Waals surface area (Å²) in [7, 11) is -1.86. The summed E-state index contributed by atoms with van der Waals surface area (Å²) < 4.78 is 27.0. The average molecular weight is 431 g/mol. The van der Waals surface area contributed by atoms with Crippen molar-refractivity contribution in [2.75, 3.05) is 38.1 Å². The molecule has 1 fully saturated rings. The van der Waals surface area contributed by atoms with Crippen LogP contribution in [0.1, 0.15) is 31.4 Å². The number of hydrogen-bond donors (Lipinski definition) is 3. The minimum absolute atomic E-state index is 0.0610. The van der Waals surface area contributed by atoms with E-state index in [0.29, 0.717) is 12.5 Å². The normalized spacial score (nSPS) is 15.8. The maximum absolute atomic E-state index is 12.2. The molecule has 1 aliphatic rings. The molecule has 3 N–H and O–H groups in total. The molecule has 30 heavy (non-hydrogen) atoms. The van der Waals surface area contributed by atoms with Gasteiger partial charge in [0, 0.05) is 51.3 Å². The second-order valence-corrected chi connectivity index (χ2v) is 9.01. The first-order valence-corrected chi connectivity index (χ1v) is 11.7. The molecule has 1 aliphatic heterocycles. The topological polar surface area (TPSA) is 98.7 Å². The van der Waals surface area contributed by atoms with Crippen molar-refractivity contribution in [3.63, 3.8) is 0 Å². The first-order chi connectivity index (χ1) is 14.5. The first kappa shape index (κ1) is 22.0. The number of anilines is 1. The van der Waals surface area contributed by atoms with Crippen molar-refractivity contribution in [2.24, 2.45) is 4.99 Å². The summed E-state index contributed by atoms with van der Waals surface area (Å²) in [5.74, 6) is 0.620. The highest BCUT2D eigenvalue weighted by molar-refractivity contribution is 7.89. The van der Waals surface area contributed by atoms with Crippen molar-refractivity contribution in [1.82, 2.24) is 20.3 Å². The smallest absolute Gasteiger partial charge is 0.242 e. The zero-order valence-corrected chi connectivity index (χ0v) is 18.3. The number of guanidine groups is 1. The number of aliphatic imine (C=N–C) groups is 1. The molecule has 1 atom stereocenters. The largest absolute Gasteiger partial charge is 0.372 e. The monoisotopic (exact) mass is 430 g/mol.